The van der Waals surface area contributed by atoms with Crippen LogP contribution in [0.15, 0.2) is 31.9 Å². The van der Waals surface area contributed by atoms with Crippen molar-refractivity contribution in [3.8, 4) is 0 Å². The van der Waals surface area contributed by atoms with Crippen LogP contribution in [-0.4, -0.2) is 0 Å². The summed E-state index contributed by atoms with van der Waals surface area (Å²) in [4.78, 5) is 11.3. The van der Waals surface area contributed by atoms with E-state index in [0.717, 1.165) is 10.9 Å². The predicted octanol–water partition coefficient (Wildman–Crippen LogP) is 2.45. The van der Waals surface area contributed by atoms with Crippen LogP contribution in [0, 0.1) is 6.92 Å². The highest BCUT2D eigenvalue weighted by Crippen LogP contribution is 2.24. The molecule has 2 aromatic rings. The van der Waals surface area contributed by atoms with Crippen LogP contribution < -0.4 is 11.4 Å². The number of fused-ring (bicyclic) bond motifs is 1. The number of benzene rings is 1. The fraction of sp³-hybridized carbons (Fsp3) is 0.100. The first-order chi connectivity index (χ1) is 6.59. The first-order valence-corrected chi connectivity index (χ1v) is 4.87. The van der Waals surface area contributed by atoms with Crippen molar-refractivity contribution in [3.05, 3.63) is 38.7 Å². The van der Waals surface area contributed by atoms with Crippen molar-refractivity contribution < 1.29 is 4.42 Å². The summed E-state index contributed by atoms with van der Waals surface area (Å²) in [5.41, 5.74) is 7.35. The number of hydrogen-bond donors (Lipinski definition) is 1. The number of aryl methyl sites for hydroxylation is 1. The molecule has 0 radical (unpaired) electrons. The van der Waals surface area contributed by atoms with Crippen molar-refractivity contribution in [2.45, 2.75) is 6.92 Å². The van der Waals surface area contributed by atoms with E-state index in [0.29, 0.717) is 15.7 Å². The number of nitrogens with two attached hydrogens (primary N) is 1. The minimum Gasteiger partial charge on any atom is -0.422 e. The second-order valence-electron chi connectivity index (χ2n) is 3.08. The van der Waals surface area contributed by atoms with Crippen molar-refractivity contribution in [2.24, 2.45) is 0 Å². The second-order valence-corrected chi connectivity index (χ2v) is 3.88. The third kappa shape index (κ3) is 1.32. The van der Waals surface area contributed by atoms with E-state index >= 15 is 0 Å². The lowest BCUT2D eigenvalue weighted by atomic mass is 10.1. The largest absolute Gasteiger partial charge is 0.422 e. The molecule has 72 valence electrons. The molecule has 0 aliphatic heterocycles. The predicted molar refractivity (Wildman–Crippen MR) is 59.3 cm³/mol. The molecular weight excluding hydrogens is 246 g/mol. The number of anilines is 1. The van der Waals surface area contributed by atoms with Gasteiger partial charge in [-0.2, -0.15) is 0 Å². The lowest BCUT2D eigenvalue weighted by molar-refractivity contribution is 0.555. The van der Waals surface area contributed by atoms with E-state index in [1.807, 2.05) is 6.92 Å². The van der Waals surface area contributed by atoms with Gasteiger partial charge in [0.1, 0.15) is 10.1 Å². The average molecular weight is 254 g/mol. The summed E-state index contributed by atoms with van der Waals surface area (Å²) < 4.78 is 5.52. The van der Waals surface area contributed by atoms with Crippen LogP contribution in [0.5, 0.6) is 0 Å². The zero-order chi connectivity index (χ0) is 10.3. The summed E-state index contributed by atoms with van der Waals surface area (Å²) >= 11 is 3.18. The topological polar surface area (TPSA) is 56.2 Å². The van der Waals surface area contributed by atoms with Crippen molar-refractivity contribution in [2.75, 3.05) is 5.73 Å². The van der Waals surface area contributed by atoms with Gasteiger partial charge < -0.3 is 10.2 Å². The van der Waals surface area contributed by atoms with Crippen LogP contribution in [0.1, 0.15) is 5.56 Å². The van der Waals surface area contributed by atoms with Crippen LogP contribution in [0.4, 0.5) is 5.69 Å². The van der Waals surface area contributed by atoms with Gasteiger partial charge in [0.2, 0.25) is 0 Å². The van der Waals surface area contributed by atoms with Crippen molar-refractivity contribution in [3.63, 3.8) is 0 Å². The van der Waals surface area contributed by atoms with E-state index in [1.54, 1.807) is 18.2 Å². The van der Waals surface area contributed by atoms with Crippen LogP contribution in [-0.2, 0) is 0 Å². The van der Waals surface area contributed by atoms with Crippen molar-refractivity contribution in [1.29, 1.82) is 0 Å². The molecule has 0 atom stereocenters. The van der Waals surface area contributed by atoms with Gasteiger partial charge in [-0.05, 0) is 46.6 Å². The van der Waals surface area contributed by atoms with Crippen LogP contribution in [0.25, 0.3) is 11.0 Å². The molecule has 0 unspecified atom stereocenters. The Balaban J connectivity index is 2.99. The maximum atomic E-state index is 11.3. The maximum absolute atomic E-state index is 11.3. The normalized spacial score (nSPS) is 10.7. The van der Waals surface area contributed by atoms with Gasteiger partial charge in [-0.1, -0.05) is 0 Å². The SMILES string of the molecule is Cc1c(Br)c(=O)oc2ccc(N)cc12. The Kier molecular flexibility index (Phi) is 2.07. The highest BCUT2D eigenvalue weighted by atomic mass is 79.9. The Morgan fingerprint density at radius 1 is 1.43 bits per heavy atom. The van der Waals surface area contributed by atoms with E-state index in [1.165, 1.54) is 0 Å². The summed E-state index contributed by atoms with van der Waals surface area (Å²) in [6.07, 6.45) is 0. The summed E-state index contributed by atoms with van der Waals surface area (Å²) in [6.45, 7) is 1.85. The lowest BCUT2D eigenvalue weighted by Gasteiger charge is -2.03. The van der Waals surface area contributed by atoms with Gasteiger partial charge in [-0.25, -0.2) is 4.79 Å². The minimum atomic E-state index is -0.361. The number of nitrogen functional groups attached to an aromatic ring is 1. The minimum absolute atomic E-state index is 0.361. The average Bonchev–Trinajstić information content (AvgIpc) is 2.16. The van der Waals surface area contributed by atoms with Gasteiger partial charge in [0.05, 0.1) is 0 Å². The molecule has 0 aliphatic rings. The Labute approximate surface area is 88.7 Å². The van der Waals surface area contributed by atoms with E-state index in [2.05, 4.69) is 15.9 Å². The van der Waals surface area contributed by atoms with E-state index in [-0.39, 0.29) is 5.63 Å². The van der Waals surface area contributed by atoms with Gasteiger partial charge in [0, 0.05) is 11.1 Å². The monoisotopic (exact) mass is 253 g/mol. The molecule has 0 saturated carbocycles. The fourth-order valence-electron chi connectivity index (χ4n) is 1.35. The standard InChI is InChI=1S/C10H8BrNO2/c1-5-7-4-6(12)2-3-8(7)14-10(13)9(5)11/h2-4H,12H2,1H3. The van der Waals surface area contributed by atoms with Crippen molar-refractivity contribution in [1.82, 2.24) is 0 Å². The first kappa shape index (κ1) is 9.27. The molecule has 2 rings (SSSR count). The van der Waals surface area contributed by atoms with Gasteiger partial charge in [0.25, 0.3) is 0 Å². The third-order valence-corrected chi connectivity index (χ3v) is 3.04. The Bertz CT molecular complexity index is 560. The molecule has 1 aromatic heterocycles. The Morgan fingerprint density at radius 2 is 2.14 bits per heavy atom. The Morgan fingerprint density at radius 3 is 2.86 bits per heavy atom. The fourth-order valence-corrected chi connectivity index (χ4v) is 1.64. The Hall–Kier alpha value is -1.29. The number of hydrogen-bond acceptors (Lipinski definition) is 3. The number of halogens is 1. The molecule has 3 nitrogen and oxygen atoms in total. The quantitative estimate of drug-likeness (QED) is 0.580. The third-order valence-electron chi connectivity index (χ3n) is 2.12. The smallest absolute Gasteiger partial charge is 0.350 e. The zero-order valence-electron chi connectivity index (χ0n) is 7.50. The lowest BCUT2D eigenvalue weighted by Crippen LogP contribution is -2.02. The molecule has 0 spiro atoms. The summed E-state index contributed by atoms with van der Waals surface area (Å²) in [7, 11) is 0. The molecule has 0 bridgehead atoms. The maximum Gasteiger partial charge on any atom is 0.350 e. The van der Waals surface area contributed by atoms with Crippen molar-refractivity contribution >= 4 is 32.6 Å². The summed E-state index contributed by atoms with van der Waals surface area (Å²) in [5, 5.41) is 0.858. The summed E-state index contributed by atoms with van der Waals surface area (Å²) in [6, 6.07) is 5.20. The molecule has 0 fully saturated rings. The van der Waals surface area contributed by atoms with E-state index < -0.39 is 0 Å². The van der Waals surface area contributed by atoms with Gasteiger partial charge >= 0.3 is 5.63 Å². The van der Waals surface area contributed by atoms with Gasteiger partial charge in [0.15, 0.2) is 0 Å². The molecule has 2 N–H and O–H groups in total. The second kappa shape index (κ2) is 3.13. The van der Waals surface area contributed by atoms with E-state index in [9.17, 15) is 4.79 Å². The molecular formula is C10H8BrNO2. The first-order valence-electron chi connectivity index (χ1n) is 4.08. The van der Waals surface area contributed by atoms with E-state index in [4.69, 9.17) is 10.2 Å². The zero-order valence-corrected chi connectivity index (χ0v) is 9.09. The molecule has 0 saturated heterocycles. The number of rotatable bonds is 0. The molecule has 4 heteroatoms. The van der Waals surface area contributed by atoms with Crippen LogP contribution in [0.2, 0.25) is 0 Å². The molecule has 0 aliphatic carbocycles. The molecule has 0 amide bonds. The summed E-state index contributed by atoms with van der Waals surface area (Å²) in [5.74, 6) is 0. The van der Waals surface area contributed by atoms with Crippen LogP contribution >= 0.6 is 15.9 Å². The molecule has 1 aromatic carbocycles. The molecule has 14 heavy (non-hydrogen) atoms. The van der Waals surface area contributed by atoms with Gasteiger partial charge in [-0.15, -0.1) is 0 Å². The van der Waals surface area contributed by atoms with Gasteiger partial charge in [-0.3, -0.25) is 0 Å². The highest BCUT2D eigenvalue weighted by molar-refractivity contribution is 9.10. The molecule has 1 heterocycles. The highest BCUT2D eigenvalue weighted by Gasteiger charge is 2.08. The van der Waals surface area contributed by atoms with Crippen LogP contribution in [0.3, 0.4) is 0 Å².